The monoisotopic (exact) mass is 414 g/mol. The van der Waals surface area contributed by atoms with Crippen molar-refractivity contribution in [3.63, 3.8) is 0 Å². The Labute approximate surface area is 169 Å². The van der Waals surface area contributed by atoms with Gasteiger partial charge < -0.3 is 5.32 Å². The van der Waals surface area contributed by atoms with Crippen molar-refractivity contribution in [1.29, 1.82) is 0 Å². The van der Waals surface area contributed by atoms with Crippen LogP contribution in [-0.2, 0) is 6.54 Å². The first-order valence-electron chi connectivity index (χ1n) is 8.33. The summed E-state index contributed by atoms with van der Waals surface area (Å²) >= 11 is 12.2. The minimum absolute atomic E-state index is 0.0411. The Morgan fingerprint density at radius 3 is 2.75 bits per heavy atom. The number of amides is 1. The summed E-state index contributed by atoms with van der Waals surface area (Å²) in [6, 6.07) is 13.9. The zero-order valence-electron chi connectivity index (χ0n) is 14.4. The smallest absolute Gasteiger partial charge is 0.276 e. The lowest BCUT2D eigenvalue weighted by Crippen LogP contribution is -2.15. The molecule has 2 heterocycles. The molecule has 28 heavy (non-hydrogen) atoms. The quantitative estimate of drug-likeness (QED) is 0.500. The highest BCUT2D eigenvalue weighted by Crippen LogP contribution is 2.25. The summed E-state index contributed by atoms with van der Waals surface area (Å²) in [6.07, 6.45) is 2.44. The second-order valence-electron chi connectivity index (χ2n) is 6.07. The van der Waals surface area contributed by atoms with Gasteiger partial charge in [-0.05, 0) is 29.8 Å². The first-order valence-corrected chi connectivity index (χ1v) is 9.09. The molecule has 4 rings (SSSR count). The Bertz CT molecular complexity index is 1190. The van der Waals surface area contributed by atoms with Crippen LogP contribution in [0.1, 0.15) is 16.1 Å². The van der Waals surface area contributed by atoms with Crippen molar-refractivity contribution < 1.29 is 9.18 Å². The Kier molecular flexibility index (Phi) is 4.98. The minimum Gasteiger partial charge on any atom is -0.318 e. The summed E-state index contributed by atoms with van der Waals surface area (Å²) in [5.41, 5.74) is 1.80. The number of carbonyl (C=O) groups is 1. The predicted octanol–water partition coefficient (Wildman–Crippen LogP) is 5.18. The normalized spacial score (nSPS) is 11.0. The summed E-state index contributed by atoms with van der Waals surface area (Å²) in [6.45, 7) is 0.355. The van der Waals surface area contributed by atoms with E-state index in [-0.39, 0.29) is 11.4 Å². The highest BCUT2D eigenvalue weighted by atomic mass is 35.5. The third-order valence-corrected chi connectivity index (χ3v) is 4.82. The lowest BCUT2D eigenvalue weighted by atomic mass is 10.2. The van der Waals surface area contributed by atoms with Crippen LogP contribution in [0.2, 0.25) is 10.0 Å². The molecule has 0 atom stereocenters. The molecule has 4 aromatic rings. The number of fused-ring (bicyclic) bond motifs is 1. The van der Waals surface area contributed by atoms with Crippen LogP contribution in [0.5, 0.6) is 0 Å². The highest BCUT2D eigenvalue weighted by molar-refractivity contribution is 6.35. The van der Waals surface area contributed by atoms with Gasteiger partial charge in [0.15, 0.2) is 11.5 Å². The van der Waals surface area contributed by atoms with Gasteiger partial charge >= 0.3 is 0 Å². The van der Waals surface area contributed by atoms with Gasteiger partial charge in [0.1, 0.15) is 0 Å². The van der Waals surface area contributed by atoms with Crippen molar-refractivity contribution in [2.24, 2.45) is 0 Å². The zero-order chi connectivity index (χ0) is 19.7. The topological polar surface area (TPSA) is 59.8 Å². The molecule has 0 aliphatic heterocycles. The molecule has 0 aliphatic carbocycles. The number of rotatable bonds is 4. The van der Waals surface area contributed by atoms with Gasteiger partial charge in [0, 0.05) is 21.6 Å². The Hall–Kier alpha value is -2.96. The molecule has 5 nitrogen and oxygen atoms in total. The van der Waals surface area contributed by atoms with E-state index in [1.807, 2.05) is 24.3 Å². The van der Waals surface area contributed by atoms with Crippen molar-refractivity contribution in [3.8, 4) is 0 Å². The largest absolute Gasteiger partial charge is 0.318 e. The van der Waals surface area contributed by atoms with Gasteiger partial charge in [-0.3, -0.25) is 14.5 Å². The van der Waals surface area contributed by atoms with Gasteiger partial charge in [0.25, 0.3) is 5.91 Å². The average Bonchev–Trinajstić information content (AvgIpc) is 3.05. The van der Waals surface area contributed by atoms with Crippen LogP contribution in [0.3, 0.4) is 0 Å². The lowest BCUT2D eigenvalue weighted by molar-refractivity contribution is 0.102. The summed E-state index contributed by atoms with van der Waals surface area (Å²) < 4.78 is 15.5. The number of hydrogen-bond acceptors (Lipinski definition) is 3. The summed E-state index contributed by atoms with van der Waals surface area (Å²) in [5, 5.41) is 8.69. The van der Waals surface area contributed by atoms with E-state index in [0.29, 0.717) is 22.0 Å². The molecule has 2 aromatic carbocycles. The maximum Gasteiger partial charge on any atom is 0.276 e. The fraction of sp³-hybridized carbons (Fsp3) is 0.0500. The molecule has 1 N–H and O–H groups in total. The predicted molar refractivity (Wildman–Crippen MR) is 107 cm³/mol. The van der Waals surface area contributed by atoms with Gasteiger partial charge in [-0.25, -0.2) is 4.39 Å². The second kappa shape index (κ2) is 7.58. The molecule has 1 amide bonds. The number of hydrogen-bond donors (Lipinski definition) is 1. The van der Waals surface area contributed by atoms with Crippen LogP contribution in [-0.4, -0.2) is 20.7 Å². The zero-order valence-corrected chi connectivity index (χ0v) is 15.9. The van der Waals surface area contributed by atoms with Crippen LogP contribution in [0, 0.1) is 5.82 Å². The summed E-state index contributed by atoms with van der Waals surface area (Å²) in [5.74, 6) is -1.13. The van der Waals surface area contributed by atoms with E-state index in [2.05, 4.69) is 15.4 Å². The number of pyridine rings is 1. The SMILES string of the molecule is O=C(Nc1ccncc1F)c1nn(Cc2ccc(Cl)cc2Cl)c2ccccc12. The van der Waals surface area contributed by atoms with E-state index < -0.39 is 11.7 Å². The minimum atomic E-state index is -0.618. The molecular formula is C20H13Cl2FN4O. The van der Waals surface area contributed by atoms with Crippen molar-refractivity contribution in [1.82, 2.24) is 14.8 Å². The van der Waals surface area contributed by atoms with Gasteiger partial charge in [-0.1, -0.05) is 47.5 Å². The molecule has 0 saturated heterocycles. The van der Waals surface area contributed by atoms with Crippen LogP contribution >= 0.6 is 23.2 Å². The molecule has 140 valence electrons. The molecule has 0 aliphatic rings. The number of nitrogens with one attached hydrogen (secondary N) is 1. The van der Waals surface area contributed by atoms with Crippen LogP contribution < -0.4 is 5.32 Å². The Balaban J connectivity index is 1.72. The van der Waals surface area contributed by atoms with Crippen molar-refractivity contribution in [2.45, 2.75) is 6.54 Å². The summed E-state index contributed by atoms with van der Waals surface area (Å²) in [4.78, 5) is 16.4. The second-order valence-corrected chi connectivity index (χ2v) is 6.91. The summed E-state index contributed by atoms with van der Waals surface area (Å²) in [7, 11) is 0. The van der Waals surface area contributed by atoms with Crippen LogP contribution in [0.15, 0.2) is 60.9 Å². The van der Waals surface area contributed by atoms with E-state index in [4.69, 9.17) is 23.2 Å². The molecule has 0 fully saturated rings. The van der Waals surface area contributed by atoms with E-state index in [1.54, 1.807) is 22.9 Å². The van der Waals surface area contributed by atoms with Crippen molar-refractivity contribution >= 4 is 45.7 Å². The molecule has 0 unspecified atom stereocenters. The van der Waals surface area contributed by atoms with E-state index >= 15 is 0 Å². The molecule has 0 bridgehead atoms. The average molecular weight is 415 g/mol. The fourth-order valence-electron chi connectivity index (χ4n) is 2.89. The number of halogens is 3. The van der Waals surface area contributed by atoms with Gasteiger partial charge in [0.05, 0.1) is 23.9 Å². The third-order valence-electron chi connectivity index (χ3n) is 4.23. The van der Waals surface area contributed by atoms with Crippen molar-refractivity contribution in [3.05, 3.63) is 88.0 Å². The Morgan fingerprint density at radius 1 is 1.14 bits per heavy atom. The molecule has 0 saturated carbocycles. The number of anilines is 1. The first kappa shape index (κ1) is 18.4. The third kappa shape index (κ3) is 3.56. The maximum atomic E-state index is 13.8. The number of carbonyl (C=O) groups excluding carboxylic acids is 1. The standard InChI is InChI=1S/C20H13Cl2FN4O/c21-13-6-5-12(15(22)9-13)11-27-18-4-2-1-3-14(18)19(26-27)20(28)25-17-7-8-24-10-16(17)23/h1-10H,11H2,(H,24,25,28). The lowest BCUT2D eigenvalue weighted by Gasteiger charge is -2.06. The fourth-order valence-corrected chi connectivity index (χ4v) is 3.35. The van der Waals surface area contributed by atoms with E-state index in [1.165, 1.54) is 12.3 Å². The molecule has 0 spiro atoms. The van der Waals surface area contributed by atoms with Crippen LogP contribution in [0.4, 0.5) is 10.1 Å². The molecule has 8 heteroatoms. The molecule has 0 radical (unpaired) electrons. The number of nitrogens with zero attached hydrogens (tertiary/aromatic N) is 3. The number of benzene rings is 2. The first-order chi connectivity index (χ1) is 13.5. The van der Waals surface area contributed by atoms with Gasteiger partial charge in [-0.2, -0.15) is 5.10 Å². The van der Waals surface area contributed by atoms with Gasteiger partial charge in [0.2, 0.25) is 0 Å². The highest BCUT2D eigenvalue weighted by Gasteiger charge is 2.19. The van der Waals surface area contributed by atoms with Crippen molar-refractivity contribution in [2.75, 3.05) is 5.32 Å². The van der Waals surface area contributed by atoms with Gasteiger partial charge in [-0.15, -0.1) is 0 Å². The van der Waals surface area contributed by atoms with E-state index in [0.717, 1.165) is 17.3 Å². The van der Waals surface area contributed by atoms with E-state index in [9.17, 15) is 9.18 Å². The molecular weight excluding hydrogens is 402 g/mol. The molecule has 2 aromatic heterocycles. The Morgan fingerprint density at radius 2 is 1.96 bits per heavy atom. The number of para-hydroxylation sites is 1. The van der Waals surface area contributed by atoms with Crippen LogP contribution in [0.25, 0.3) is 10.9 Å². The number of aromatic nitrogens is 3. The maximum absolute atomic E-state index is 13.8.